The fourth-order valence-electron chi connectivity index (χ4n) is 4.12. The summed E-state index contributed by atoms with van der Waals surface area (Å²) < 4.78 is 0. The van der Waals surface area contributed by atoms with Gasteiger partial charge in [-0.15, -0.1) is 0 Å². The summed E-state index contributed by atoms with van der Waals surface area (Å²) in [5, 5.41) is 3.29. The molecule has 4 nitrogen and oxygen atoms in total. The number of nitrogens with one attached hydrogen (secondary N) is 3. The zero-order valence-electron chi connectivity index (χ0n) is 14.9. The lowest BCUT2D eigenvalue weighted by atomic mass is 10.1. The molecule has 0 atom stereocenters. The van der Waals surface area contributed by atoms with Crippen molar-refractivity contribution in [3.8, 4) is 0 Å². The number of hydrogen-bond donors (Lipinski definition) is 3. The minimum Gasteiger partial charge on any atom is -0.348 e. The molecule has 1 saturated heterocycles. The summed E-state index contributed by atoms with van der Waals surface area (Å²) in [7, 11) is 0. The highest BCUT2D eigenvalue weighted by Gasteiger charge is 2.25. The number of carbonyl (C=O) groups excluding carboxylic acids is 1. The van der Waals surface area contributed by atoms with Crippen LogP contribution in [0.1, 0.15) is 44.1 Å². The van der Waals surface area contributed by atoms with E-state index in [0.717, 1.165) is 19.6 Å². The largest absolute Gasteiger partial charge is 0.348 e. The van der Waals surface area contributed by atoms with Crippen LogP contribution in [0.5, 0.6) is 0 Å². The van der Waals surface area contributed by atoms with Crippen LogP contribution in [0.2, 0.25) is 0 Å². The molecule has 1 heterocycles. The number of amides is 1. The Morgan fingerprint density at radius 3 is 2.21 bits per heavy atom. The van der Waals surface area contributed by atoms with Gasteiger partial charge >= 0.3 is 0 Å². The van der Waals surface area contributed by atoms with E-state index in [4.69, 9.17) is 0 Å². The molecular formula is C20H33N3O+2. The Balaban J connectivity index is 1.36. The number of benzene rings is 1. The molecule has 0 spiro atoms. The summed E-state index contributed by atoms with van der Waals surface area (Å²) in [6.07, 6.45) is 7.58. The molecule has 1 aliphatic heterocycles. The second-order valence-electron chi connectivity index (χ2n) is 7.60. The van der Waals surface area contributed by atoms with Gasteiger partial charge in [0.1, 0.15) is 32.7 Å². The predicted molar refractivity (Wildman–Crippen MR) is 96.0 cm³/mol. The van der Waals surface area contributed by atoms with E-state index >= 15 is 0 Å². The van der Waals surface area contributed by atoms with Crippen LogP contribution < -0.4 is 15.1 Å². The molecule has 2 fully saturated rings. The zero-order chi connectivity index (χ0) is 16.6. The zero-order valence-corrected chi connectivity index (χ0v) is 14.9. The van der Waals surface area contributed by atoms with E-state index in [1.807, 2.05) is 0 Å². The number of quaternary nitrogens is 2. The third kappa shape index (κ3) is 5.60. The van der Waals surface area contributed by atoms with Crippen molar-refractivity contribution in [2.45, 2.75) is 51.1 Å². The second kappa shape index (κ2) is 9.19. The van der Waals surface area contributed by atoms with E-state index in [-0.39, 0.29) is 5.91 Å². The number of rotatable bonds is 5. The van der Waals surface area contributed by atoms with Crippen molar-refractivity contribution >= 4 is 5.91 Å². The Morgan fingerprint density at radius 2 is 1.54 bits per heavy atom. The molecule has 0 radical (unpaired) electrons. The highest BCUT2D eigenvalue weighted by Crippen LogP contribution is 2.16. The topological polar surface area (TPSA) is 38.0 Å². The Labute approximate surface area is 146 Å². The minimum absolute atomic E-state index is 0.267. The molecule has 0 unspecified atom stereocenters. The van der Waals surface area contributed by atoms with E-state index in [1.54, 1.807) is 4.90 Å². The van der Waals surface area contributed by atoms with Gasteiger partial charge in [0, 0.05) is 11.6 Å². The molecule has 1 aliphatic carbocycles. The van der Waals surface area contributed by atoms with Crippen LogP contribution >= 0.6 is 0 Å². The highest BCUT2D eigenvalue weighted by atomic mass is 16.2. The van der Waals surface area contributed by atoms with Crippen LogP contribution in [0.3, 0.4) is 0 Å². The molecule has 1 aromatic rings. The van der Waals surface area contributed by atoms with E-state index in [1.165, 1.54) is 62.1 Å². The van der Waals surface area contributed by atoms with Gasteiger partial charge in [-0.1, -0.05) is 56.0 Å². The second-order valence-corrected chi connectivity index (χ2v) is 7.60. The molecule has 24 heavy (non-hydrogen) atoms. The molecule has 3 N–H and O–H groups in total. The Hall–Kier alpha value is -1.39. The van der Waals surface area contributed by atoms with Crippen molar-refractivity contribution in [1.82, 2.24) is 5.32 Å². The molecule has 0 bridgehead atoms. The fraction of sp³-hybridized carbons (Fsp3) is 0.650. The van der Waals surface area contributed by atoms with Crippen molar-refractivity contribution in [1.29, 1.82) is 0 Å². The van der Waals surface area contributed by atoms with Crippen molar-refractivity contribution in [3.63, 3.8) is 0 Å². The lowest BCUT2D eigenvalue weighted by Gasteiger charge is -2.29. The molecule has 1 aromatic carbocycles. The van der Waals surface area contributed by atoms with Gasteiger partial charge < -0.3 is 15.1 Å². The third-order valence-electron chi connectivity index (χ3n) is 5.59. The predicted octanol–water partition coefficient (Wildman–Crippen LogP) is -0.191. The summed E-state index contributed by atoms with van der Waals surface area (Å²) >= 11 is 0. The first-order chi connectivity index (χ1) is 11.8. The van der Waals surface area contributed by atoms with E-state index in [2.05, 4.69) is 35.6 Å². The standard InChI is InChI=1S/C20H31N3O/c24-20(21-19-10-6-1-2-7-11-19)17-23-14-12-22(13-15-23)16-18-8-4-3-5-9-18/h3-5,8-9,19H,1-2,6-7,10-17H2,(H,21,24)/p+2. The normalized spacial score (nSPS) is 25.8. The lowest BCUT2D eigenvalue weighted by molar-refractivity contribution is -1.02. The van der Waals surface area contributed by atoms with E-state index in [0.29, 0.717) is 12.6 Å². The van der Waals surface area contributed by atoms with Crippen LogP contribution in [0.4, 0.5) is 0 Å². The van der Waals surface area contributed by atoms with Gasteiger partial charge in [-0.2, -0.15) is 0 Å². The molecule has 0 aromatic heterocycles. The smallest absolute Gasteiger partial charge is 0.275 e. The van der Waals surface area contributed by atoms with Crippen molar-refractivity contribution in [2.24, 2.45) is 0 Å². The van der Waals surface area contributed by atoms with Crippen molar-refractivity contribution in [3.05, 3.63) is 35.9 Å². The van der Waals surface area contributed by atoms with Crippen LogP contribution in [0.25, 0.3) is 0 Å². The SMILES string of the molecule is O=C(C[NH+]1CC[NH+](Cc2ccccc2)CC1)NC1CCCCCC1. The van der Waals surface area contributed by atoms with Crippen molar-refractivity contribution in [2.75, 3.05) is 32.7 Å². The summed E-state index contributed by atoms with van der Waals surface area (Å²) in [5.74, 6) is 0.267. The van der Waals surface area contributed by atoms with Gasteiger partial charge in [0.25, 0.3) is 5.91 Å². The number of carbonyl (C=O) groups is 1. The molecule has 1 amide bonds. The maximum absolute atomic E-state index is 12.3. The number of piperazine rings is 1. The quantitative estimate of drug-likeness (QED) is 0.643. The van der Waals surface area contributed by atoms with Gasteiger partial charge in [0.15, 0.2) is 6.54 Å². The Bertz CT molecular complexity index is 489. The summed E-state index contributed by atoms with van der Waals surface area (Å²) in [5.41, 5.74) is 1.42. The molecule has 3 rings (SSSR count). The first-order valence-corrected chi connectivity index (χ1v) is 9.80. The molecule has 1 saturated carbocycles. The first-order valence-electron chi connectivity index (χ1n) is 9.80. The summed E-state index contributed by atoms with van der Waals surface area (Å²) in [6.45, 7) is 6.33. The van der Waals surface area contributed by atoms with Crippen molar-refractivity contribution < 1.29 is 14.6 Å². The lowest BCUT2D eigenvalue weighted by Crippen LogP contribution is -3.28. The van der Waals surface area contributed by atoms with Crippen LogP contribution in [0, 0.1) is 0 Å². The first kappa shape index (κ1) is 17.4. The van der Waals surface area contributed by atoms with Crippen LogP contribution in [-0.4, -0.2) is 44.7 Å². The van der Waals surface area contributed by atoms with Gasteiger partial charge in [-0.05, 0) is 12.8 Å². The van der Waals surface area contributed by atoms with Gasteiger partial charge in [0.05, 0.1) is 0 Å². The van der Waals surface area contributed by atoms with Gasteiger partial charge in [0.2, 0.25) is 0 Å². The van der Waals surface area contributed by atoms with E-state index < -0.39 is 0 Å². The van der Waals surface area contributed by atoms with Crippen LogP contribution in [0.15, 0.2) is 30.3 Å². The Kier molecular flexibility index (Phi) is 6.67. The Morgan fingerprint density at radius 1 is 0.917 bits per heavy atom. The average Bonchev–Trinajstić information content (AvgIpc) is 2.86. The molecule has 2 aliphatic rings. The van der Waals surface area contributed by atoms with E-state index in [9.17, 15) is 4.79 Å². The number of hydrogen-bond acceptors (Lipinski definition) is 1. The third-order valence-corrected chi connectivity index (χ3v) is 5.59. The van der Waals surface area contributed by atoms with Crippen LogP contribution in [-0.2, 0) is 11.3 Å². The van der Waals surface area contributed by atoms with Gasteiger partial charge in [-0.25, -0.2) is 0 Å². The maximum Gasteiger partial charge on any atom is 0.275 e. The summed E-state index contributed by atoms with van der Waals surface area (Å²) in [4.78, 5) is 15.4. The molecule has 132 valence electrons. The summed E-state index contributed by atoms with van der Waals surface area (Å²) in [6, 6.07) is 11.2. The monoisotopic (exact) mass is 331 g/mol. The highest BCUT2D eigenvalue weighted by molar-refractivity contribution is 5.77. The minimum atomic E-state index is 0.267. The maximum atomic E-state index is 12.3. The average molecular weight is 332 g/mol. The molecule has 4 heteroatoms. The fourth-order valence-corrected chi connectivity index (χ4v) is 4.12. The molecular weight excluding hydrogens is 298 g/mol. The van der Waals surface area contributed by atoms with Gasteiger partial charge in [-0.3, -0.25) is 4.79 Å².